The van der Waals surface area contributed by atoms with Crippen LogP contribution in [-0.2, 0) is 4.79 Å². The number of hydrogen-bond acceptors (Lipinski definition) is 2. The van der Waals surface area contributed by atoms with Gasteiger partial charge in [0.1, 0.15) is 0 Å². The molecule has 3 heteroatoms. The Hall–Kier alpha value is -1.35. The van der Waals surface area contributed by atoms with E-state index in [2.05, 4.69) is 0 Å². The molecule has 0 aromatic heterocycles. The number of benzene rings is 1. The Bertz CT molecular complexity index is 370. The molecule has 0 aliphatic rings. The smallest absolute Gasteiger partial charge is 0.231 e. The van der Waals surface area contributed by atoms with Crippen LogP contribution >= 0.6 is 0 Å². The van der Waals surface area contributed by atoms with Gasteiger partial charge in [0.15, 0.2) is 0 Å². The van der Waals surface area contributed by atoms with E-state index in [1.165, 1.54) is 5.56 Å². The van der Waals surface area contributed by atoms with Crippen molar-refractivity contribution < 1.29 is 4.79 Å². The highest BCUT2D eigenvalue weighted by molar-refractivity contribution is 5.95. The number of amides is 1. The van der Waals surface area contributed by atoms with Crippen molar-refractivity contribution in [1.82, 2.24) is 0 Å². The second-order valence-corrected chi connectivity index (χ2v) is 4.57. The number of nitrogens with two attached hydrogens (primary N) is 1. The van der Waals surface area contributed by atoms with E-state index in [1.54, 1.807) is 4.90 Å². The molecule has 0 saturated carbocycles. The van der Waals surface area contributed by atoms with Crippen molar-refractivity contribution in [2.45, 2.75) is 33.7 Å². The molecular formula is C14H22N2O. The SMILES string of the molecule is CCN(C(=O)C(C)C(C)N)c1ccc(C)cc1. The van der Waals surface area contributed by atoms with Crippen LogP contribution in [0.2, 0.25) is 0 Å². The summed E-state index contributed by atoms with van der Waals surface area (Å²) in [6, 6.07) is 7.86. The van der Waals surface area contributed by atoms with E-state index in [0.29, 0.717) is 6.54 Å². The van der Waals surface area contributed by atoms with E-state index in [0.717, 1.165) is 5.69 Å². The zero-order valence-corrected chi connectivity index (χ0v) is 11.1. The molecule has 0 spiro atoms. The zero-order chi connectivity index (χ0) is 13.0. The summed E-state index contributed by atoms with van der Waals surface area (Å²) in [5.74, 6) is -0.0670. The standard InChI is InChI=1S/C14H22N2O/c1-5-16(14(17)11(3)12(4)15)13-8-6-10(2)7-9-13/h6-9,11-12H,5,15H2,1-4H3. The summed E-state index contributed by atoms with van der Waals surface area (Å²) in [4.78, 5) is 14.0. The quantitative estimate of drug-likeness (QED) is 0.869. The van der Waals surface area contributed by atoms with Crippen LogP contribution in [0, 0.1) is 12.8 Å². The van der Waals surface area contributed by atoms with Crippen molar-refractivity contribution in [3.05, 3.63) is 29.8 Å². The molecule has 3 nitrogen and oxygen atoms in total. The molecule has 0 saturated heterocycles. The number of hydrogen-bond donors (Lipinski definition) is 1. The third-order valence-electron chi connectivity index (χ3n) is 3.11. The molecule has 2 atom stereocenters. The minimum Gasteiger partial charge on any atom is -0.327 e. The van der Waals surface area contributed by atoms with Crippen LogP contribution in [0.5, 0.6) is 0 Å². The molecule has 0 radical (unpaired) electrons. The highest BCUT2D eigenvalue weighted by Gasteiger charge is 2.23. The van der Waals surface area contributed by atoms with Crippen molar-refractivity contribution in [3.8, 4) is 0 Å². The number of carbonyl (C=O) groups is 1. The fraction of sp³-hybridized carbons (Fsp3) is 0.500. The maximum atomic E-state index is 12.2. The van der Waals surface area contributed by atoms with E-state index < -0.39 is 0 Å². The molecule has 2 N–H and O–H groups in total. The molecule has 1 rings (SSSR count). The lowest BCUT2D eigenvalue weighted by atomic mass is 10.0. The van der Waals surface area contributed by atoms with E-state index >= 15 is 0 Å². The molecule has 0 aliphatic heterocycles. The molecule has 1 amide bonds. The summed E-state index contributed by atoms with van der Waals surface area (Å²) < 4.78 is 0. The van der Waals surface area contributed by atoms with Crippen molar-refractivity contribution in [2.24, 2.45) is 11.7 Å². The van der Waals surface area contributed by atoms with Gasteiger partial charge in [-0.2, -0.15) is 0 Å². The first-order valence-electron chi connectivity index (χ1n) is 6.11. The van der Waals surface area contributed by atoms with E-state index in [4.69, 9.17) is 5.73 Å². The summed E-state index contributed by atoms with van der Waals surface area (Å²) in [5.41, 5.74) is 7.92. The van der Waals surface area contributed by atoms with Gasteiger partial charge in [0.2, 0.25) is 5.91 Å². The van der Waals surface area contributed by atoms with Crippen LogP contribution in [-0.4, -0.2) is 18.5 Å². The summed E-state index contributed by atoms with van der Waals surface area (Å²) in [6.07, 6.45) is 0. The molecule has 1 aromatic rings. The Morgan fingerprint density at radius 3 is 2.24 bits per heavy atom. The van der Waals surface area contributed by atoms with Gasteiger partial charge < -0.3 is 10.6 Å². The largest absolute Gasteiger partial charge is 0.327 e. The molecule has 2 unspecified atom stereocenters. The second-order valence-electron chi connectivity index (χ2n) is 4.57. The highest BCUT2D eigenvalue weighted by atomic mass is 16.2. The van der Waals surface area contributed by atoms with Gasteiger partial charge in [-0.15, -0.1) is 0 Å². The van der Waals surface area contributed by atoms with Gasteiger partial charge in [0.25, 0.3) is 0 Å². The van der Waals surface area contributed by atoms with Crippen LogP contribution in [0.4, 0.5) is 5.69 Å². The average molecular weight is 234 g/mol. The lowest BCUT2D eigenvalue weighted by Gasteiger charge is -2.26. The first-order valence-corrected chi connectivity index (χ1v) is 6.11. The number of nitrogens with zero attached hydrogens (tertiary/aromatic N) is 1. The zero-order valence-electron chi connectivity index (χ0n) is 11.1. The molecule has 0 fully saturated rings. The maximum absolute atomic E-state index is 12.2. The molecule has 0 aliphatic carbocycles. The predicted octanol–water partition coefficient (Wildman–Crippen LogP) is 2.33. The lowest BCUT2D eigenvalue weighted by molar-refractivity contribution is -0.122. The number of aryl methyl sites for hydroxylation is 1. The van der Waals surface area contributed by atoms with Crippen LogP contribution in [0.25, 0.3) is 0 Å². The van der Waals surface area contributed by atoms with E-state index in [9.17, 15) is 4.79 Å². The average Bonchev–Trinajstić information content (AvgIpc) is 2.31. The Morgan fingerprint density at radius 2 is 1.82 bits per heavy atom. The first kappa shape index (κ1) is 13.7. The second kappa shape index (κ2) is 5.82. The van der Waals surface area contributed by atoms with Crippen molar-refractivity contribution in [1.29, 1.82) is 0 Å². The van der Waals surface area contributed by atoms with Gasteiger partial charge in [-0.3, -0.25) is 4.79 Å². The molecule has 0 bridgehead atoms. The van der Waals surface area contributed by atoms with Gasteiger partial charge in [0, 0.05) is 18.3 Å². The monoisotopic (exact) mass is 234 g/mol. The summed E-state index contributed by atoms with van der Waals surface area (Å²) >= 11 is 0. The third kappa shape index (κ3) is 3.30. The van der Waals surface area contributed by atoms with Crippen molar-refractivity contribution >= 4 is 11.6 Å². The molecule has 1 aromatic carbocycles. The van der Waals surface area contributed by atoms with Gasteiger partial charge in [-0.05, 0) is 32.9 Å². The highest BCUT2D eigenvalue weighted by Crippen LogP contribution is 2.18. The van der Waals surface area contributed by atoms with Crippen molar-refractivity contribution in [2.75, 3.05) is 11.4 Å². The summed E-state index contributed by atoms with van der Waals surface area (Å²) in [7, 11) is 0. The molecule has 0 heterocycles. The fourth-order valence-corrected chi connectivity index (χ4v) is 1.66. The first-order chi connectivity index (χ1) is 7.97. The molecular weight excluding hydrogens is 212 g/mol. The molecule has 17 heavy (non-hydrogen) atoms. The Balaban J connectivity index is 2.91. The van der Waals surface area contributed by atoms with E-state index in [1.807, 2.05) is 52.0 Å². The van der Waals surface area contributed by atoms with Gasteiger partial charge >= 0.3 is 0 Å². The fourth-order valence-electron chi connectivity index (χ4n) is 1.66. The van der Waals surface area contributed by atoms with Crippen LogP contribution < -0.4 is 10.6 Å². The Labute approximate surface area is 104 Å². The summed E-state index contributed by atoms with van der Waals surface area (Å²) in [5, 5.41) is 0. The molecule has 94 valence electrons. The van der Waals surface area contributed by atoms with Crippen LogP contribution in [0.1, 0.15) is 26.3 Å². The topological polar surface area (TPSA) is 46.3 Å². The van der Waals surface area contributed by atoms with Gasteiger partial charge in [-0.25, -0.2) is 0 Å². The van der Waals surface area contributed by atoms with E-state index in [-0.39, 0.29) is 17.9 Å². The van der Waals surface area contributed by atoms with Gasteiger partial charge in [-0.1, -0.05) is 24.6 Å². The predicted molar refractivity (Wildman–Crippen MR) is 72.0 cm³/mol. The van der Waals surface area contributed by atoms with Crippen molar-refractivity contribution in [3.63, 3.8) is 0 Å². The summed E-state index contributed by atoms with van der Waals surface area (Å²) in [6.45, 7) is 8.42. The number of carbonyl (C=O) groups excluding carboxylic acids is 1. The Morgan fingerprint density at radius 1 is 1.29 bits per heavy atom. The van der Waals surface area contributed by atoms with Gasteiger partial charge in [0.05, 0.1) is 5.92 Å². The Kier molecular flexibility index (Phi) is 4.70. The minimum absolute atomic E-state index is 0.0892. The number of rotatable bonds is 4. The third-order valence-corrected chi connectivity index (χ3v) is 3.11. The lowest BCUT2D eigenvalue weighted by Crippen LogP contribution is -2.41. The maximum Gasteiger partial charge on any atom is 0.231 e. The van der Waals surface area contributed by atoms with Crippen LogP contribution in [0.3, 0.4) is 0 Å². The van der Waals surface area contributed by atoms with Crippen LogP contribution in [0.15, 0.2) is 24.3 Å². The minimum atomic E-state index is -0.156. The number of anilines is 1. The normalized spacial score (nSPS) is 14.2.